The molecule has 1 aromatic rings. The first-order valence-corrected chi connectivity index (χ1v) is 5.48. The Morgan fingerprint density at radius 1 is 1.53 bits per heavy atom. The van der Waals surface area contributed by atoms with Gasteiger partial charge in [0.25, 0.3) is 0 Å². The van der Waals surface area contributed by atoms with Crippen LogP contribution in [-0.2, 0) is 4.74 Å². The molecule has 2 heterocycles. The highest BCUT2D eigenvalue weighted by Gasteiger charge is 2.17. The van der Waals surface area contributed by atoms with E-state index in [1.54, 1.807) is 18.6 Å². The number of piperidine rings is 1. The first-order chi connectivity index (χ1) is 7.36. The van der Waals surface area contributed by atoms with Crippen molar-refractivity contribution in [1.82, 2.24) is 15.3 Å². The summed E-state index contributed by atoms with van der Waals surface area (Å²) in [5.41, 5.74) is 0.906. The lowest BCUT2D eigenvalue weighted by Gasteiger charge is -2.26. The number of ether oxygens (including phenoxy) is 1. The molecule has 0 aromatic carbocycles. The topological polar surface area (TPSA) is 47.0 Å². The zero-order chi connectivity index (χ0) is 10.5. The number of hydrogen-bond donors (Lipinski definition) is 1. The molecule has 0 spiro atoms. The maximum absolute atomic E-state index is 5.91. The van der Waals surface area contributed by atoms with E-state index in [-0.39, 0.29) is 6.10 Å². The third-order valence-corrected chi connectivity index (χ3v) is 2.65. The lowest BCUT2D eigenvalue weighted by molar-refractivity contribution is -0.0171. The summed E-state index contributed by atoms with van der Waals surface area (Å²) in [6, 6.07) is 0. The molecule has 15 heavy (non-hydrogen) atoms. The van der Waals surface area contributed by atoms with Gasteiger partial charge in [-0.05, 0) is 26.3 Å². The standard InChI is InChI=1S/C11H17N3O/c1-9(11-8-13-5-6-14-11)15-10-3-2-4-12-7-10/h5-6,8-10,12H,2-4,7H2,1H3/t9?,10-/m1/s1. The van der Waals surface area contributed by atoms with Crippen LogP contribution in [0.25, 0.3) is 0 Å². The van der Waals surface area contributed by atoms with Gasteiger partial charge in [-0.25, -0.2) is 0 Å². The van der Waals surface area contributed by atoms with Crippen molar-refractivity contribution in [2.45, 2.75) is 32.0 Å². The molecule has 0 radical (unpaired) electrons. The molecule has 1 N–H and O–H groups in total. The van der Waals surface area contributed by atoms with Crippen molar-refractivity contribution in [3.8, 4) is 0 Å². The Morgan fingerprint density at radius 3 is 3.13 bits per heavy atom. The molecule has 4 nitrogen and oxygen atoms in total. The van der Waals surface area contributed by atoms with Crippen LogP contribution < -0.4 is 5.32 Å². The Hall–Kier alpha value is -1.00. The fourth-order valence-corrected chi connectivity index (χ4v) is 1.81. The SMILES string of the molecule is CC(O[C@@H]1CCCNC1)c1cnccn1. The van der Waals surface area contributed by atoms with E-state index in [9.17, 15) is 0 Å². The van der Waals surface area contributed by atoms with E-state index in [2.05, 4.69) is 15.3 Å². The molecule has 1 aromatic heterocycles. The summed E-state index contributed by atoms with van der Waals surface area (Å²) in [6.07, 6.45) is 7.82. The van der Waals surface area contributed by atoms with Crippen molar-refractivity contribution in [1.29, 1.82) is 0 Å². The minimum absolute atomic E-state index is 0.0311. The molecule has 1 saturated heterocycles. The molecular weight excluding hydrogens is 190 g/mol. The number of aromatic nitrogens is 2. The van der Waals surface area contributed by atoms with Gasteiger partial charge in [0.05, 0.1) is 24.1 Å². The maximum atomic E-state index is 5.91. The zero-order valence-corrected chi connectivity index (χ0v) is 9.02. The van der Waals surface area contributed by atoms with E-state index in [0.29, 0.717) is 6.10 Å². The van der Waals surface area contributed by atoms with Crippen molar-refractivity contribution in [3.63, 3.8) is 0 Å². The highest BCUT2D eigenvalue weighted by Crippen LogP contribution is 2.18. The summed E-state index contributed by atoms with van der Waals surface area (Å²) < 4.78 is 5.91. The largest absolute Gasteiger partial charge is 0.368 e. The first-order valence-electron chi connectivity index (χ1n) is 5.48. The fourth-order valence-electron chi connectivity index (χ4n) is 1.81. The number of hydrogen-bond acceptors (Lipinski definition) is 4. The van der Waals surface area contributed by atoms with E-state index in [4.69, 9.17) is 4.74 Å². The number of rotatable bonds is 3. The van der Waals surface area contributed by atoms with Gasteiger partial charge in [-0.1, -0.05) is 0 Å². The van der Waals surface area contributed by atoms with E-state index in [1.807, 2.05) is 6.92 Å². The zero-order valence-electron chi connectivity index (χ0n) is 9.02. The maximum Gasteiger partial charge on any atom is 0.0986 e. The van der Waals surface area contributed by atoms with Crippen LogP contribution in [-0.4, -0.2) is 29.2 Å². The molecule has 4 heteroatoms. The van der Waals surface area contributed by atoms with Crippen molar-refractivity contribution >= 4 is 0 Å². The van der Waals surface area contributed by atoms with Gasteiger partial charge in [-0.3, -0.25) is 9.97 Å². The van der Waals surface area contributed by atoms with Gasteiger partial charge < -0.3 is 10.1 Å². The van der Waals surface area contributed by atoms with Gasteiger partial charge in [-0.15, -0.1) is 0 Å². The summed E-state index contributed by atoms with van der Waals surface area (Å²) in [5.74, 6) is 0. The van der Waals surface area contributed by atoms with Gasteiger partial charge in [0.2, 0.25) is 0 Å². The molecule has 2 atom stereocenters. The number of nitrogens with one attached hydrogen (secondary N) is 1. The molecular formula is C11H17N3O. The molecule has 82 valence electrons. The molecule has 1 unspecified atom stereocenters. The van der Waals surface area contributed by atoms with Crippen LogP contribution in [0, 0.1) is 0 Å². The Morgan fingerprint density at radius 2 is 2.47 bits per heavy atom. The Labute approximate surface area is 90.1 Å². The first kappa shape index (κ1) is 10.5. The van der Waals surface area contributed by atoms with Crippen molar-refractivity contribution in [2.24, 2.45) is 0 Å². The van der Waals surface area contributed by atoms with Crippen molar-refractivity contribution in [3.05, 3.63) is 24.3 Å². The van der Waals surface area contributed by atoms with Gasteiger partial charge in [-0.2, -0.15) is 0 Å². The molecule has 0 bridgehead atoms. The minimum atomic E-state index is 0.0311. The van der Waals surface area contributed by atoms with Crippen LogP contribution in [0.15, 0.2) is 18.6 Å². The third-order valence-electron chi connectivity index (χ3n) is 2.65. The summed E-state index contributed by atoms with van der Waals surface area (Å²) >= 11 is 0. The van der Waals surface area contributed by atoms with Gasteiger partial charge in [0.15, 0.2) is 0 Å². The van der Waals surface area contributed by atoms with Crippen molar-refractivity contribution < 1.29 is 4.74 Å². The van der Waals surface area contributed by atoms with Gasteiger partial charge in [0.1, 0.15) is 0 Å². The molecule has 1 aliphatic heterocycles. The molecule has 0 saturated carbocycles. The second kappa shape index (κ2) is 5.19. The lowest BCUT2D eigenvalue weighted by atomic mass is 10.1. The van der Waals surface area contributed by atoms with E-state index in [0.717, 1.165) is 25.2 Å². The quantitative estimate of drug-likeness (QED) is 0.811. The Bertz CT molecular complexity index is 285. The fraction of sp³-hybridized carbons (Fsp3) is 0.636. The lowest BCUT2D eigenvalue weighted by Crippen LogP contribution is -2.35. The molecule has 2 rings (SSSR count). The van der Waals surface area contributed by atoms with Crippen LogP contribution in [0.5, 0.6) is 0 Å². The third kappa shape index (κ3) is 2.97. The Balaban J connectivity index is 1.88. The second-order valence-corrected chi connectivity index (χ2v) is 3.88. The molecule has 1 aliphatic rings. The molecule has 1 fully saturated rings. The smallest absolute Gasteiger partial charge is 0.0986 e. The van der Waals surface area contributed by atoms with Crippen LogP contribution in [0.1, 0.15) is 31.6 Å². The summed E-state index contributed by atoms with van der Waals surface area (Å²) in [7, 11) is 0. The average molecular weight is 207 g/mol. The molecule has 0 amide bonds. The summed E-state index contributed by atoms with van der Waals surface area (Å²) in [4.78, 5) is 8.28. The Kier molecular flexibility index (Phi) is 3.64. The normalized spacial score (nSPS) is 23.7. The van der Waals surface area contributed by atoms with Gasteiger partial charge >= 0.3 is 0 Å². The van der Waals surface area contributed by atoms with E-state index < -0.39 is 0 Å². The highest BCUT2D eigenvalue weighted by molar-refractivity contribution is 4.98. The summed E-state index contributed by atoms with van der Waals surface area (Å²) in [6.45, 7) is 4.09. The predicted molar refractivity (Wildman–Crippen MR) is 57.4 cm³/mol. The predicted octanol–water partition coefficient (Wildman–Crippen LogP) is 1.31. The van der Waals surface area contributed by atoms with Gasteiger partial charge in [0, 0.05) is 18.9 Å². The van der Waals surface area contributed by atoms with E-state index >= 15 is 0 Å². The molecule has 0 aliphatic carbocycles. The number of nitrogens with zero attached hydrogens (tertiary/aromatic N) is 2. The minimum Gasteiger partial charge on any atom is -0.368 e. The summed E-state index contributed by atoms with van der Waals surface area (Å²) in [5, 5.41) is 3.33. The average Bonchev–Trinajstić information content (AvgIpc) is 2.31. The highest BCUT2D eigenvalue weighted by atomic mass is 16.5. The van der Waals surface area contributed by atoms with Crippen LogP contribution in [0.4, 0.5) is 0 Å². The monoisotopic (exact) mass is 207 g/mol. The van der Waals surface area contributed by atoms with Crippen LogP contribution >= 0.6 is 0 Å². The second-order valence-electron chi connectivity index (χ2n) is 3.88. The van der Waals surface area contributed by atoms with Crippen LogP contribution in [0.3, 0.4) is 0 Å². The van der Waals surface area contributed by atoms with E-state index in [1.165, 1.54) is 6.42 Å². The van der Waals surface area contributed by atoms with Crippen molar-refractivity contribution in [2.75, 3.05) is 13.1 Å². The van der Waals surface area contributed by atoms with Crippen LogP contribution in [0.2, 0.25) is 0 Å².